The molecule has 4 heteroatoms. The standard InChI is InChI=1S/C22H24N2O2/c1-15-21(17-8-3-2-4-9-17)18-10-6-5-7-16(18)13-14-24(15)22(26)19-11-12-20(25)23-19/h2-10,15,19,21H,11-14H2,1H3,(H,23,25)/t15-,19+,21-/m1/s1. The molecule has 26 heavy (non-hydrogen) atoms. The van der Waals surface area contributed by atoms with E-state index in [0.29, 0.717) is 19.4 Å². The fourth-order valence-electron chi connectivity index (χ4n) is 4.38. The van der Waals surface area contributed by atoms with Gasteiger partial charge in [0.05, 0.1) is 0 Å². The molecule has 134 valence electrons. The van der Waals surface area contributed by atoms with Gasteiger partial charge in [0.15, 0.2) is 0 Å². The van der Waals surface area contributed by atoms with Gasteiger partial charge in [0, 0.05) is 24.9 Å². The largest absolute Gasteiger partial charge is 0.344 e. The second kappa shape index (κ2) is 6.94. The lowest BCUT2D eigenvalue weighted by Crippen LogP contribution is -2.49. The summed E-state index contributed by atoms with van der Waals surface area (Å²) in [4.78, 5) is 26.7. The lowest BCUT2D eigenvalue weighted by atomic mass is 9.83. The van der Waals surface area contributed by atoms with Gasteiger partial charge in [-0.05, 0) is 36.5 Å². The van der Waals surface area contributed by atoms with Crippen molar-refractivity contribution in [2.75, 3.05) is 6.54 Å². The minimum Gasteiger partial charge on any atom is -0.344 e. The number of hydrogen-bond donors (Lipinski definition) is 1. The van der Waals surface area contributed by atoms with Crippen LogP contribution in [0.1, 0.15) is 42.4 Å². The van der Waals surface area contributed by atoms with Crippen LogP contribution in [0, 0.1) is 0 Å². The monoisotopic (exact) mass is 348 g/mol. The van der Waals surface area contributed by atoms with E-state index in [1.807, 2.05) is 11.0 Å². The molecule has 1 N–H and O–H groups in total. The van der Waals surface area contributed by atoms with Crippen LogP contribution < -0.4 is 5.32 Å². The number of hydrogen-bond acceptors (Lipinski definition) is 2. The first-order chi connectivity index (χ1) is 12.6. The molecule has 0 spiro atoms. The quantitative estimate of drug-likeness (QED) is 0.907. The Balaban J connectivity index is 1.72. The molecule has 4 nitrogen and oxygen atoms in total. The average Bonchev–Trinajstić information content (AvgIpc) is 3.04. The van der Waals surface area contributed by atoms with E-state index in [1.54, 1.807) is 0 Å². The van der Waals surface area contributed by atoms with E-state index < -0.39 is 0 Å². The SMILES string of the molecule is C[C@@H]1[C@H](c2ccccc2)c2ccccc2CCN1C(=O)[C@@H]1CCC(=O)N1. The molecule has 1 saturated heterocycles. The van der Waals surface area contributed by atoms with Crippen LogP contribution in [0.2, 0.25) is 0 Å². The first-order valence-corrected chi connectivity index (χ1v) is 9.38. The first kappa shape index (κ1) is 16.8. The summed E-state index contributed by atoms with van der Waals surface area (Å²) in [5, 5.41) is 2.84. The highest BCUT2D eigenvalue weighted by molar-refractivity contribution is 5.91. The third-order valence-corrected chi connectivity index (χ3v) is 5.72. The number of benzene rings is 2. The van der Waals surface area contributed by atoms with Crippen LogP contribution in [0.3, 0.4) is 0 Å². The highest BCUT2D eigenvalue weighted by Crippen LogP contribution is 2.36. The number of carbonyl (C=O) groups is 2. The average molecular weight is 348 g/mol. The summed E-state index contributed by atoms with van der Waals surface area (Å²) in [6.07, 6.45) is 1.89. The summed E-state index contributed by atoms with van der Waals surface area (Å²) in [5.74, 6) is 0.168. The van der Waals surface area contributed by atoms with Crippen molar-refractivity contribution in [2.24, 2.45) is 0 Å². The molecule has 2 aliphatic heterocycles. The van der Waals surface area contributed by atoms with E-state index in [2.05, 4.69) is 60.8 Å². The Morgan fingerprint density at radius 2 is 1.77 bits per heavy atom. The molecular weight excluding hydrogens is 324 g/mol. The summed E-state index contributed by atoms with van der Waals surface area (Å²) in [5.41, 5.74) is 3.83. The Morgan fingerprint density at radius 1 is 1.04 bits per heavy atom. The number of rotatable bonds is 2. The Labute approximate surface area is 154 Å². The smallest absolute Gasteiger partial charge is 0.245 e. The molecule has 0 bridgehead atoms. The first-order valence-electron chi connectivity index (χ1n) is 9.38. The second-order valence-corrected chi connectivity index (χ2v) is 7.27. The predicted molar refractivity (Wildman–Crippen MR) is 101 cm³/mol. The summed E-state index contributed by atoms with van der Waals surface area (Å²) in [6, 6.07) is 18.6. The minimum absolute atomic E-state index is 0.0197. The van der Waals surface area contributed by atoms with Crippen LogP contribution in [0.15, 0.2) is 54.6 Å². The maximum atomic E-state index is 13.1. The van der Waals surface area contributed by atoms with Gasteiger partial charge in [0.1, 0.15) is 6.04 Å². The molecule has 2 aromatic carbocycles. The number of amides is 2. The molecule has 0 aromatic heterocycles. The van der Waals surface area contributed by atoms with E-state index in [-0.39, 0.29) is 29.8 Å². The molecule has 0 aliphatic carbocycles. The number of carbonyl (C=O) groups excluding carboxylic acids is 2. The van der Waals surface area contributed by atoms with Crippen LogP contribution in [-0.4, -0.2) is 35.3 Å². The molecule has 1 fully saturated rings. The van der Waals surface area contributed by atoms with Gasteiger partial charge < -0.3 is 10.2 Å². The van der Waals surface area contributed by atoms with Gasteiger partial charge in [0.2, 0.25) is 11.8 Å². The zero-order chi connectivity index (χ0) is 18.1. The summed E-state index contributed by atoms with van der Waals surface area (Å²) >= 11 is 0. The van der Waals surface area contributed by atoms with Crippen molar-refractivity contribution in [3.8, 4) is 0 Å². The third-order valence-electron chi connectivity index (χ3n) is 5.72. The highest BCUT2D eigenvalue weighted by Gasteiger charge is 2.37. The van der Waals surface area contributed by atoms with Crippen LogP contribution in [0.5, 0.6) is 0 Å². The van der Waals surface area contributed by atoms with Crippen molar-refractivity contribution in [3.63, 3.8) is 0 Å². The van der Waals surface area contributed by atoms with Crippen molar-refractivity contribution < 1.29 is 9.59 Å². The molecule has 2 aromatic rings. The van der Waals surface area contributed by atoms with E-state index in [0.717, 1.165) is 6.42 Å². The Kier molecular flexibility index (Phi) is 4.49. The number of fused-ring (bicyclic) bond motifs is 1. The van der Waals surface area contributed by atoms with E-state index in [9.17, 15) is 9.59 Å². The highest BCUT2D eigenvalue weighted by atomic mass is 16.2. The number of nitrogens with zero attached hydrogens (tertiary/aromatic N) is 1. The van der Waals surface area contributed by atoms with Crippen LogP contribution in [0.25, 0.3) is 0 Å². The van der Waals surface area contributed by atoms with E-state index in [4.69, 9.17) is 0 Å². The van der Waals surface area contributed by atoms with Crippen LogP contribution in [-0.2, 0) is 16.0 Å². The summed E-state index contributed by atoms with van der Waals surface area (Å²) in [6.45, 7) is 2.82. The van der Waals surface area contributed by atoms with Crippen molar-refractivity contribution in [2.45, 2.75) is 44.2 Å². The van der Waals surface area contributed by atoms with E-state index >= 15 is 0 Å². The van der Waals surface area contributed by atoms with Gasteiger partial charge >= 0.3 is 0 Å². The maximum absolute atomic E-state index is 13.1. The molecule has 2 amide bonds. The molecule has 0 unspecified atom stereocenters. The molecule has 3 atom stereocenters. The molecule has 4 rings (SSSR count). The van der Waals surface area contributed by atoms with Gasteiger partial charge in [-0.1, -0.05) is 54.6 Å². The Bertz CT molecular complexity index is 818. The van der Waals surface area contributed by atoms with Gasteiger partial charge in [-0.25, -0.2) is 0 Å². The molecular formula is C22H24N2O2. The third kappa shape index (κ3) is 3.00. The summed E-state index contributed by atoms with van der Waals surface area (Å²) < 4.78 is 0. The lowest BCUT2D eigenvalue weighted by Gasteiger charge is -2.34. The van der Waals surface area contributed by atoms with Gasteiger partial charge in [-0.15, -0.1) is 0 Å². The molecule has 0 radical (unpaired) electrons. The predicted octanol–water partition coefficient (Wildman–Crippen LogP) is 2.87. The topological polar surface area (TPSA) is 49.4 Å². The second-order valence-electron chi connectivity index (χ2n) is 7.27. The van der Waals surface area contributed by atoms with Gasteiger partial charge in [-0.3, -0.25) is 9.59 Å². The Hall–Kier alpha value is -2.62. The lowest BCUT2D eigenvalue weighted by molar-refractivity contribution is -0.136. The minimum atomic E-state index is -0.373. The number of nitrogens with one attached hydrogen (secondary N) is 1. The fraction of sp³-hybridized carbons (Fsp3) is 0.364. The summed E-state index contributed by atoms with van der Waals surface area (Å²) in [7, 11) is 0. The Morgan fingerprint density at radius 3 is 2.50 bits per heavy atom. The zero-order valence-electron chi connectivity index (χ0n) is 15.0. The van der Waals surface area contributed by atoms with Crippen molar-refractivity contribution >= 4 is 11.8 Å². The van der Waals surface area contributed by atoms with Crippen molar-refractivity contribution in [1.82, 2.24) is 10.2 Å². The van der Waals surface area contributed by atoms with Crippen LogP contribution >= 0.6 is 0 Å². The van der Waals surface area contributed by atoms with Crippen molar-refractivity contribution in [1.29, 1.82) is 0 Å². The van der Waals surface area contributed by atoms with Crippen molar-refractivity contribution in [3.05, 3.63) is 71.3 Å². The normalized spacial score (nSPS) is 25.3. The van der Waals surface area contributed by atoms with E-state index in [1.165, 1.54) is 16.7 Å². The van der Waals surface area contributed by atoms with Gasteiger partial charge in [-0.2, -0.15) is 0 Å². The maximum Gasteiger partial charge on any atom is 0.245 e. The van der Waals surface area contributed by atoms with Crippen LogP contribution in [0.4, 0.5) is 0 Å². The molecule has 0 saturated carbocycles. The van der Waals surface area contributed by atoms with Gasteiger partial charge in [0.25, 0.3) is 0 Å². The molecule has 2 aliphatic rings. The zero-order valence-corrected chi connectivity index (χ0v) is 15.0. The fourth-order valence-corrected chi connectivity index (χ4v) is 4.38. The molecule has 2 heterocycles.